The maximum absolute atomic E-state index is 12.5. The first kappa shape index (κ1) is 24.0. The molecule has 1 aliphatic rings. The van der Waals surface area contributed by atoms with E-state index >= 15 is 0 Å². The van der Waals surface area contributed by atoms with Gasteiger partial charge in [-0.25, -0.2) is 4.79 Å². The molecule has 0 spiro atoms. The standard InChI is InChI=1S/C29H29BN2O4/c1-27(2)28(3,4)36-30(35-27)24-20-32(31-25(24)26(33)34)29(21-14-8-5-9-15-21,22-16-10-6-11-17-22)23-18-12-7-13-19-23/h5-20H,1-4H3,(H,33,34). The first-order valence-electron chi connectivity index (χ1n) is 12.0. The Balaban J connectivity index is 1.81. The number of aromatic nitrogens is 2. The Hall–Kier alpha value is -3.68. The molecule has 6 nitrogen and oxygen atoms in total. The number of rotatable bonds is 6. The molecule has 0 aliphatic carbocycles. The summed E-state index contributed by atoms with van der Waals surface area (Å²) in [4.78, 5) is 12.5. The van der Waals surface area contributed by atoms with Gasteiger partial charge in [0.25, 0.3) is 0 Å². The van der Waals surface area contributed by atoms with Gasteiger partial charge in [-0.15, -0.1) is 0 Å². The van der Waals surface area contributed by atoms with Crippen molar-refractivity contribution in [3.05, 3.63) is 120 Å². The van der Waals surface area contributed by atoms with Crippen molar-refractivity contribution in [1.82, 2.24) is 9.78 Å². The Morgan fingerprint density at radius 3 is 1.53 bits per heavy atom. The molecule has 0 bridgehead atoms. The number of aromatic carboxylic acids is 1. The molecule has 1 fully saturated rings. The molecule has 3 aromatic carbocycles. The van der Waals surface area contributed by atoms with Gasteiger partial charge in [-0.3, -0.25) is 4.68 Å². The van der Waals surface area contributed by atoms with Gasteiger partial charge in [-0.05, 0) is 44.4 Å². The molecule has 7 heteroatoms. The van der Waals surface area contributed by atoms with Crippen LogP contribution in [-0.4, -0.2) is 39.2 Å². The monoisotopic (exact) mass is 480 g/mol. The van der Waals surface area contributed by atoms with Crippen LogP contribution in [0.1, 0.15) is 54.9 Å². The average Bonchev–Trinajstić information content (AvgIpc) is 3.40. The van der Waals surface area contributed by atoms with Crippen LogP contribution in [0, 0.1) is 0 Å². The molecule has 182 valence electrons. The van der Waals surface area contributed by atoms with E-state index in [-0.39, 0.29) is 5.69 Å². The number of benzene rings is 3. The smallest absolute Gasteiger partial charge is 0.476 e. The van der Waals surface area contributed by atoms with Crippen molar-refractivity contribution >= 4 is 18.6 Å². The average molecular weight is 480 g/mol. The van der Waals surface area contributed by atoms with E-state index in [0.717, 1.165) is 16.7 Å². The van der Waals surface area contributed by atoms with Gasteiger partial charge in [0.15, 0.2) is 5.69 Å². The van der Waals surface area contributed by atoms with Crippen molar-refractivity contribution in [2.75, 3.05) is 0 Å². The fraction of sp³-hybridized carbons (Fsp3) is 0.241. The van der Waals surface area contributed by atoms with Crippen LogP contribution in [0.15, 0.2) is 97.2 Å². The van der Waals surface area contributed by atoms with Crippen molar-refractivity contribution in [3.63, 3.8) is 0 Å². The fourth-order valence-corrected chi connectivity index (χ4v) is 4.80. The van der Waals surface area contributed by atoms with Crippen molar-refractivity contribution < 1.29 is 19.2 Å². The molecule has 1 N–H and O–H groups in total. The summed E-state index contributed by atoms with van der Waals surface area (Å²) in [6.07, 6.45) is 1.76. The van der Waals surface area contributed by atoms with Crippen LogP contribution in [0.2, 0.25) is 0 Å². The lowest BCUT2D eigenvalue weighted by atomic mass is 9.76. The van der Waals surface area contributed by atoms with E-state index in [4.69, 9.17) is 14.4 Å². The summed E-state index contributed by atoms with van der Waals surface area (Å²) in [5.41, 5.74) is 0.951. The highest BCUT2D eigenvalue weighted by molar-refractivity contribution is 6.63. The molecule has 0 unspecified atom stereocenters. The predicted molar refractivity (Wildman–Crippen MR) is 140 cm³/mol. The molecule has 1 aliphatic heterocycles. The zero-order valence-electron chi connectivity index (χ0n) is 20.9. The maximum Gasteiger partial charge on any atom is 0.498 e. The van der Waals surface area contributed by atoms with Crippen molar-refractivity contribution in [2.45, 2.75) is 44.4 Å². The van der Waals surface area contributed by atoms with Crippen molar-refractivity contribution in [2.24, 2.45) is 0 Å². The third-order valence-corrected chi connectivity index (χ3v) is 7.37. The number of nitrogens with zero attached hydrogens (tertiary/aromatic N) is 2. The van der Waals surface area contributed by atoms with Crippen LogP contribution in [-0.2, 0) is 14.8 Å². The summed E-state index contributed by atoms with van der Waals surface area (Å²) in [6, 6.07) is 30.0. The number of hydrogen-bond donors (Lipinski definition) is 1. The van der Waals surface area contributed by atoms with E-state index in [1.54, 1.807) is 10.9 Å². The molecule has 36 heavy (non-hydrogen) atoms. The second-order valence-electron chi connectivity index (χ2n) is 10.1. The molecule has 5 rings (SSSR count). The summed E-state index contributed by atoms with van der Waals surface area (Å²) >= 11 is 0. The van der Waals surface area contributed by atoms with Gasteiger partial charge < -0.3 is 14.4 Å². The first-order chi connectivity index (χ1) is 17.2. The van der Waals surface area contributed by atoms with Gasteiger partial charge in [0.05, 0.1) is 11.2 Å². The Labute approximate surface area is 211 Å². The second-order valence-corrected chi connectivity index (χ2v) is 10.1. The molecular formula is C29H29BN2O4. The predicted octanol–water partition coefficient (Wildman–Crippen LogP) is 4.72. The maximum atomic E-state index is 12.5. The van der Waals surface area contributed by atoms with Crippen LogP contribution in [0.4, 0.5) is 0 Å². The highest BCUT2D eigenvalue weighted by atomic mass is 16.7. The lowest BCUT2D eigenvalue weighted by Crippen LogP contribution is -2.41. The summed E-state index contributed by atoms with van der Waals surface area (Å²) in [5.74, 6) is -1.14. The lowest BCUT2D eigenvalue weighted by molar-refractivity contribution is 0.00578. The van der Waals surface area contributed by atoms with E-state index in [2.05, 4.69) is 0 Å². The molecule has 0 amide bonds. The SMILES string of the molecule is CC1(C)OB(c2cn(C(c3ccccc3)(c3ccccc3)c3ccccc3)nc2C(=O)O)OC1(C)C. The minimum absolute atomic E-state index is 0.0966. The molecule has 4 aromatic rings. The Morgan fingerprint density at radius 1 is 0.778 bits per heavy atom. The molecule has 1 saturated heterocycles. The van der Waals surface area contributed by atoms with Crippen molar-refractivity contribution in [3.8, 4) is 0 Å². The van der Waals surface area contributed by atoms with Gasteiger partial charge in [0.1, 0.15) is 5.54 Å². The van der Waals surface area contributed by atoms with Gasteiger partial charge in [0.2, 0.25) is 0 Å². The normalized spacial score (nSPS) is 16.7. The Morgan fingerprint density at radius 2 is 1.17 bits per heavy atom. The van der Waals surface area contributed by atoms with Gasteiger partial charge in [0, 0.05) is 11.7 Å². The molecule has 0 atom stereocenters. The number of hydrogen-bond acceptors (Lipinski definition) is 4. The second kappa shape index (κ2) is 8.77. The zero-order valence-corrected chi connectivity index (χ0v) is 20.9. The lowest BCUT2D eigenvalue weighted by Gasteiger charge is -2.36. The first-order valence-corrected chi connectivity index (χ1v) is 12.0. The number of carboxylic acids is 1. The van der Waals surface area contributed by atoms with E-state index in [1.165, 1.54) is 0 Å². The van der Waals surface area contributed by atoms with Crippen LogP contribution < -0.4 is 5.46 Å². The van der Waals surface area contributed by atoms with E-state index in [9.17, 15) is 9.90 Å². The van der Waals surface area contributed by atoms with Gasteiger partial charge >= 0.3 is 13.1 Å². The third-order valence-electron chi connectivity index (χ3n) is 7.37. The highest BCUT2D eigenvalue weighted by Gasteiger charge is 2.54. The van der Waals surface area contributed by atoms with Gasteiger partial charge in [-0.1, -0.05) is 91.0 Å². The number of carbonyl (C=O) groups is 1. The molecule has 0 saturated carbocycles. The van der Waals surface area contributed by atoms with Crippen LogP contribution >= 0.6 is 0 Å². The summed E-state index contributed by atoms with van der Waals surface area (Å²) < 4.78 is 14.2. The number of carboxylic acid groups (broad SMARTS) is 1. The minimum atomic E-state index is -1.14. The molecule has 1 aromatic heterocycles. The third kappa shape index (κ3) is 3.76. The van der Waals surface area contributed by atoms with Crippen LogP contribution in [0.25, 0.3) is 0 Å². The fourth-order valence-electron chi connectivity index (χ4n) is 4.80. The van der Waals surface area contributed by atoms with Crippen molar-refractivity contribution in [1.29, 1.82) is 0 Å². The Kier molecular flexibility index (Phi) is 5.85. The highest BCUT2D eigenvalue weighted by Crippen LogP contribution is 2.41. The van der Waals surface area contributed by atoms with E-state index in [0.29, 0.717) is 5.46 Å². The molecule has 0 radical (unpaired) electrons. The van der Waals surface area contributed by atoms with E-state index in [1.807, 2.05) is 119 Å². The van der Waals surface area contributed by atoms with Crippen LogP contribution in [0.5, 0.6) is 0 Å². The summed E-state index contributed by atoms with van der Waals surface area (Å²) in [6.45, 7) is 7.78. The molecule has 2 heterocycles. The molecular weight excluding hydrogens is 451 g/mol. The quantitative estimate of drug-likeness (QED) is 0.319. The zero-order chi connectivity index (χ0) is 25.6. The Bertz CT molecular complexity index is 1260. The minimum Gasteiger partial charge on any atom is -0.476 e. The van der Waals surface area contributed by atoms with E-state index < -0.39 is 29.8 Å². The van der Waals surface area contributed by atoms with Crippen LogP contribution in [0.3, 0.4) is 0 Å². The topological polar surface area (TPSA) is 73.6 Å². The summed E-state index contributed by atoms with van der Waals surface area (Å²) in [5, 5.41) is 14.9. The largest absolute Gasteiger partial charge is 0.498 e. The summed E-state index contributed by atoms with van der Waals surface area (Å²) in [7, 11) is -0.866. The van der Waals surface area contributed by atoms with Gasteiger partial charge in [-0.2, -0.15) is 5.10 Å².